The maximum atomic E-state index is 14.9. The van der Waals surface area contributed by atoms with Crippen LogP contribution in [0.3, 0.4) is 0 Å². The molecule has 1 fully saturated rings. The van der Waals surface area contributed by atoms with Crippen LogP contribution >= 0.6 is 21.6 Å². The van der Waals surface area contributed by atoms with Crippen LogP contribution in [0.4, 0.5) is 0 Å². The summed E-state index contributed by atoms with van der Waals surface area (Å²) in [7, 11) is 1.98. The number of unbranched alkanes of at least 4 members (excludes halogenated alkanes) is 1. The van der Waals surface area contributed by atoms with Crippen molar-refractivity contribution in [2.24, 2.45) is 5.73 Å². The van der Waals surface area contributed by atoms with E-state index in [1.807, 2.05) is 12.1 Å². The molecule has 0 aliphatic carbocycles. The highest BCUT2D eigenvalue weighted by Crippen LogP contribution is 2.24. The second-order valence-electron chi connectivity index (χ2n) is 19.7. The molecule has 1 aliphatic rings. The van der Waals surface area contributed by atoms with E-state index >= 15 is 0 Å². The average molecular weight is 1160 g/mol. The number of amides is 8. The molecule has 0 radical (unpaired) electrons. The van der Waals surface area contributed by atoms with Gasteiger partial charge in [0.05, 0.1) is 30.9 Å². The van der Waals surface area contributed by atoms with E-state index in [2.05, 4.69) is 47.5 Å². The van der Waals surface area contributed by atoms with E-state index in [1.54, 1.807) is 79.0 Å². The number of aliphatic hydroxyl groups excluding tert-OH is 4. The van der Waals surface area contributed by atoms with Crippen LogP contribution < -0.4 is 48.3 Å². The van der Waals surface area contributed by atoms with Crippen molar-refractivity contribution in [1.29, 1.82) is 0 Å². The monoisotopic (exact) mass is 1160 g/mol. The van der Waals surface area contributed by atoms with Gasteiger partial charge in [-0.3, -0.25) is 38.4 Å². The summed E-state index contributed by atoms with van der Waals surface area (Å²) in [6.07, 6.45) is -3.92. The second-order valence-corrected chi connectivity index (χ2v) is 22.3. The Labute approximate surface area is 476 Å². The van der Waals surface area contributed by atoms with Gasteiger partial charge in [-0.25, -0.2) is 4.79 Å². The molecule has 0 spiro atoms. The maximum Gasteiger partial charge on any atom is 0.335 e. The first-order valence-electron chi connectivity index (χ1n) is 26.5. The highest BCUT2D eigenvalue weighted by Gasteiger charge is 2.37. The number of rotatable bonds is 21. The number of ether oxygens (including phenoxy) is 1. The topological polar surface area (TPSA) is 382 Å². The number of esters is 1. The van der Waals surface area contributed by atoms with Gasteiger partial charge in [-0.15, -0.1) is 0 Å². The summed E-state index contributed by atoms with van der Waals surface area (Å²) in [6, 6.07) is 13.6. The van der Waals surface area contributed by atoms with Crippen molar-refractivity contribution in [2.45, 2.75) is 139 Å². The Morgan fingerprint density at radius 2 is 1.28 bits per heavy atom. The molecular formula is C55H74N10O14S2. The van der Waals surface area contributed by atoms with Crippen LogP contribution in [0.5, 0.6) is 0 Å². The lowest BCUT2D eigenvalue weighted by Crippen LogP contribution is -2.62. The van der Waals surface area contributed by atoms with Crippen LogP contribution in [-0.2, 0) is 67.2 Å². The average Bonchev–Trinajstić information content (AvgIpc) is 3.98. The molecule has 15 N–H and O–H groups in total. The van der Waals surface area contributed by atoms with Gasteiger partial charge in [-0.05, 0) is 76.1 Å². The summed E-state index contributed by atoms with van der Waals surface area (Å²) >= 11 is 0. The first-order valence-corrected chi connectivity index (χ1v) is 29.0. The van der Waals surface area contributed by atoms with Crippen LogP contribution in [0, 0.1) is 0 Å². The smallest absolute Gasteiger partial charge is 0.335 e. The van der Waals surface area contributed by atoms with Gasteiger partial charge in [0.15, 0.2) is 6.10 Å². The zero-order chi connectivity index (χ0) is 59.2. The van der Waals surface area contributed by atoms with Crippen LogP contribution in [0.1, 0.15) is 63.6 Å². The molecule has 1 aromatic heterocycles. The minimum absolute atomic E-state index is 0.00113. The van der Waals surface area contributed by atoms with Gasteiger partial charge in [0, 0.05) is 48.0 Å². The predicted octanol–water partition coefficient (Wildman–Crippen LogP) is -1.34. The molecule has 24 nitrogen and oxygen atoms in total. The number of nitrogens with two attached hydrogens (primary N) is 1. The number of carbonyl (C=O) groups excluding carboxylic acids is 9. The van der Waals surface area contributed by atoms with Crippen LogP contribution in [0.15, 0.2) is 91.1 Å². The molecule has 8 unspecified atom stereocenters. The minimum Gasteiger partial charge on any atom is -0.451 e. The van der Waals surface area contributed by atoms with Gasteiger partial charge >= 0.3 is 5.97 Å². The zero-order valence-corrected chi connectivity index (χ0v) is 47.1. The minimum atomic E-state index is -1.77. The summed E-state index contributed by atoms with van der Waals surface area (Å²) in [4.78, 5) is 129. The highest BCUT2D eigenvalue weighted by atomic mass is 33.1. The molecule has 2 heterocycles. The number of hydrogen-bond acceptors (Lipinski definition) is 17. The quantitative estimate of drug-likeness (QED) is 0.0261. The standard InChI is InChI=1S/C55H74N10O14S2/c1-30(67)43(27-66)62-53(76)45-29-81-80-28-44(63-48(71)38(56)23-34-15-7-5-8-16-34)52(75)60-41(24-35-17-9-6-10-18-35)50(73)61-42(25-36-26-58-39-20-12-11-19-37(36)39)51(74)59-40(49(72)65-46(31(2)68)54(77)64-45)21-13-14-22-57-47(70)33(4)79-55(78)32(3)69/h5-12,15-20,26,30-33,38,40-46,58,66-69H,13-14,21-25,27-29,56H2,1-4H3,(H,57,70)(H,59,74)(H,60,75)(H,61,73)(H,62,76)(H,63,71)(H,64,77)(H,65,72)/t30-,31-,32-,33+,38?,40?,41?,42?,43?,44?,45?,46?/m1/s1. The fourth-order valence-corrected chi connectivity index (χ4v) is 10.7. The lowest BCUT2D eigenvalue weighted by molar-refractivity contribution is -0.162. The molecule has 3 aromatic carbocycles. The van der Waals surface area contributed by atoms with Gasteiger partial charge in [-0.1, -0.05) is 100 Å². The molecular weight excluding hydrogens is 1090 g/mol. The van der Waals surface area contributed by atoms with E-state index in [1.165, 1.54) is 27.7 Å². The van der Waals surface area contributed by atoms with Gasteiger partial charge in [0.1, 0.15) is 42.4 Å². The van der Waals surface area contributed by atoms with Crippen molar-refractivity contribution < 1.29 is 68.3 Å². The van der Waals surface area contributed by atoms with E-state index in [0.717, 1.165) is 27.2 Å². The number of para-hydroxylation sites is 1. The van der Waals surface area contributed by atoms with Crippen molar-refractivity contribution in [2.75, 3.05) is 24.7 Å². The summed E-state index contributed by atoms with van der Waals surface area (Å²) in [6.45, 7) is 4.34. The Hall–Kier alpha value is -7.07. The highest BCUT2D eigenvalue weighted by molar-refractivity contribution is 8.76. The number of aromatic nitrogens is 1. The number of aliphatic hydroxyl groups is 4. The Kier molecular flexibility index (Phi) is 25.9. The summed E-state index contributed by atoms with van der Waals surface area (Å²) in [5.41, 5.74) is 9.05. The largest absolute Gasteiger partial charge is 0.451 e. The van der Waals surface area contributed by atoms with Crippen LogP contribution in [-0.4, -0.2) is 176 Å². The molecule has 0 saturated carbocycles. The number of carbonyl (C=O) groups is 9. The predicted molar refractivity (Wildman–Crippen MR) is 303 cm³/mol. The third-order valence-corrected chi connectivity index (χ3v) is 15.5. The number of H-pyrrole nitrogens is 1. The molecule has 1 saturated heterocycles. The van der Waals surface area contributed by atoms with Gasteiger partial charge in [-0.2, -0.15) is 0 Å². The number of fused-ring (bicyclic) bond motifs is 1. The van der Waals surface area contributed by atoms with E-state index in [-0.39, 0.29) is 56.6 Å². The maximum absolute atomic E-state index is 14.9. The second kappa shape index (κ2) is 32.4. The van der Waals surface area contributed by atoms with E-state index in [4.69, 9.17) is 10.5 Å². The van der Waals surface area contributed by atoms with Gasteiger partial charge in [0.25, 0.3) is 5.91 Å². The van der Waals surface area contributed by atoms with Crippen molar-refractivity contribution in [3.63, 3.8) is 0 Å². The van der Waals surface area contributed by atoms with Crippen LogP contribution in [0.2, 0.25) is 0 Å². The molecule has 12 atom stereocenters. The first kappa shape index (κ1) is 64.7. The number of benzene rings is 3. The van der Waals surface area contributed by atoms with E-state index in [0.29, 0.717) is 22.0 Å². The fraction of sp³-hybridized carbons (Fsp3) is 0.473. The summed E-state index contributed by atoms with van der Waals surface area (Å²) in [5.74, 6) is -8.26. The molecule has 4 aromatic rings. The van der Waals surface area contributed by atoms with Gasteiger partial charge in [0.2, 0.25) is 41.4 Å². The third kappa shape index (κ3) is 20.5. The number of hydrogen-bond donors (Lipinski definition) is 14. The lowest BCUT2D eigenvalue weighted by atomic mass is 10.0. The van der Waals surface area contributed by atoms with Crippen LogP contribution in [0.25, 0.3) is 10.9 Å². The lowest BCUT2D eigenvalue weighted by Gasteiger charge is -2.29. The Morgan fingerprint density at radius 3 is 1.93 bits per heavy atom. The Morgan fingerprint density at radius 1 is 0.691 bits per heavy atom. The number of nitrogens with one attached hydrogen (secondary N) is 9. The van der Waals surface area contributed by atoms with Crippen molar-refractivity contribution in [3.05, 3.63) is 108 Å². The molecule has 440 valence electrons. The fourth-order valence-electron chi connectivity index (χ4n) is 8.39. The normalized spacial score (nSPS) is 22.1. The molecule has 1 aliphatic heterocycles. The Balaban J connectivity index is 1.55. The van der Waals surface area contributed by atoms with E-state index in [9.17, 15) is 63.6 Å². The zero-order valence-electron chi connectivity index (χ0n) is 45.4. The first-order chi connectivity index (χ1) is 38.6. The third-order valence-electron chi connectivity index (χ3n) is 13.1. The van der Waals surface area contributed by atoms with Crippen molar-refractivity contribution in [1.82, 2.24) is 47.5 Å². The number of aromatic amines is 1. The molecule has 5 rings (SSSR count). The SMILES string of the molecule is C[C@H](OC(=O)[C@@H](C)O)C(=O)NCCCCC1NC(=O)C(Cc2c[nH]c3ccccc23)NC(=O)C(Cc2ccccc2)NC(=O)C(NC(=O)C(N)Cc2ccccc2)CSSCC(C(=O)NC(CO)[C@@H](C)O)NC(=O)C([C@@H](C)O)NC1=O. The Bertz CT molecular complexity index is 2750. The summed E-state index contributed by atoms with van der Waals surface area (Å²) in [5, 5.41) is 62.7. The molecule has 0 bridgehead atoms. The van der Waals surface area contributed by atoms with Gasteiger partial charge < -0.3 is 78.4 Å². The molecule has 26 heteroatoms. The van der Waals surface area contributed by atoms with Crippen molar-refractivity contribution >= 4 is 85.7 Å². The van der Waals surface area contributed by atoms with E-state index < -0.39 is 133 Å². The molecule has 81 heavy (non-hydrogen) atoms. The molecule has 8 amide bonds. The van der Waals surface area contributed by atoms with Crippen molar-refractivity contribution in [3.8, 4) is 0 Å². The summed E-state index contributed by atoms with van der Waals surface area (Å²) < 4.78 is 4.96.